The molecule has 32 heavy (non-hydrogen) atoms. The van der Waals surface area contributed by atoms with Crippen LogP contribution in [0.1, 0.15) is 73.6 Å². The predicted octanol–water partition coefficient (Wildman–Crippen LogP) is 4.49. The Balaban J connectivity index is 1.80. The summed E-state index contributed by atoms with van der Waals surface area (Å²) in [4.78, 5) is 39.2. The molecule has 2 saturated carbocycles. The van der Waals surface area contributed by atoms with Gasteiger partial charge in [0.05, 0.1) is 6.10 Å². The van der Waals surface area contributed by atoms with E-state index < -0.39 is 17.6 Å². The summed E-state index contributed by atoms with van der Waals surface area (Å²) in [6.07, 6.45) is 7.71. The smallest absolute Gasteiger partial charge is 0.224 e. The van der Waals surface area contributed by atoms with Gasteiger partial charge >= 0.3 is 0 Å². The SMILES string of the molecule is CC=CC(=O)C(C)C1=CC(=O)C2=C(OC34CC[C@H](O)C(C)(C)[C@@H]3CC[C@H](C)C4(C)C2)C1=O. The van der Waals surface area contributed by atoms with E-state index in [9.17, 15) is 19.5 Å². The number of hydrogen-bond acceptors (Lipinski definition) is 5. The molecule has 6 atom stereocenters. The molecule has 0 amide bonds. The zero-order valence-corrected chi connectivity index (χ0v) is 20.2. The molecule has 0 aromatic heterocycles. The molecule has 0 aromatic carbocycles. The summed E-state index contributed by atoms with van der Waals surface area (Å²) in [6.45, 7) is 12.0. The molecular weight excluding hydrogens is 404 g/mol. The number of allylic oxidation sites excluding steroid dienone is 5. The zero-order valence-electron chi connectivity index (χ0n) is 20.2. The van der Waals surface area contributed by atoms with Gasteiger partial charge in [-0.1, -0.05) is 40.7 Å². The summed E-state index contributed by atoms with van der Waals surface area (Å²) in [6, 6.07) is 0. The second-order valence-electron chi connectivity index (χ2n) is 11.2. The van der Waals surface area contributed by atoms with Crippen LogP contribution in [0.4, 0.5) is 0 Å². The van der Waals surface area contributed by atoms with Gasteiger partial charge in [0.15, 0.2) is 17.3 Å². The topological polar surface area (TPSA) is 80.7 Å². The first kappa shape index (κ1) is 23.2. The number of aliphatic hydroxyl groups is 1. The number of rotatable bonds is 3. The first-order valence-electron chi connectivity index (χ1n) is 12.0. The van der Waals surface area contributed by atoms with E-state index in [4.69, 9.17) is 4.74 Å². The Bertz CT molecular complexity index is 967. The van der Waals surface area contributed by atoms with Crippen molar-refractivity contribution in [3.63, 3.8) is 0 Å². The number of ketones is 3. The summed E-state index contributed by atoms with van der Waals surface area (Å²) in [5.41, 5.74) is -0.602. The Kier molecular flexibility index (Phi) is 5.44. The van der Waals surface area contributed by atoms with Gasteiger partial charge in [-0.15, -0.1) is 0 Å². The first-order valence-corrected chi connectivity index (χ1v) is 12.0. The summed E-state index contributed by atoms with van der Waals surface area (Å²) >= 11 is 0. The van der Waals surface area contributed by atoms with Crippen LogP contribution < -0.4 is 0 Å². The van der Waals surface area contributed by atoms with Crippen LogP contribution in [0.2, 0.25) is 0 Å². The van der Waals surface area contributed by atoms with Crippen molar-refractivity contribution in [2.75, 3.05) is 0 Å². The number of ether oxygens (including phenoxy) is 1. The number of hydrogen-bond donors (Lipinski definition) is 1. The van der Waals surface area contributed by atoms with Crippen molar-refractivity contribution in [2.24, 2.45) is 28.6 Å². The molecule has 0 saturated heterocycles. The fourth-order valence-corrected chi connectivity index (χ4v) is 7.02. The largest absolute Gasteiger partial charge is 0.482 e. The lowest BCUT2D eigenvalue weighted by molar-refractivity contribution is -0.255. The molecule has 1 heterocycles. The maximum absolute atomic E-state index is 13.6. The Labute approximate surface area is 191 Å². The lowest BCUT2D eigenvalue weighted by Gasteiger charge is -2.67. The Morgan fingerprint density at radius 2 is 1.91 bits per heavy atom. The molecule has 1 N–H and O–H groups in total. The van der Waals surface area contributed by atoms with Gasteiger partial charge in [0.1, 0.15) is 5.60 Å². The van der Waals surface area contributed by atoms with Crippen LogP contribution in [-0.2, 0) is 19.1 Å². The van der Waals surface area contributed by atoms with E-state index in [0.29, 0.717) is 30.8 Å². The molecule has 0 radical (unpaired) electrons. The Morgan fingerprint density at radius 1 is 1.22 bits per heavy atom. The maximum atomic E-state index is 13.6. The molecule has 0 aromatic rings. The van der Waals surface area contributed by atoms with Crippen LogP contribution in [0.3, 0.4) is 0 Å². The molecule has 5 nitrogen and oxygen atoms in total. The van der Waals surface area contributed by atoms with Crippen molar-refractivity contribution >= 4 is 17.3 Å². The predicted molar refractivity (Wildman–Crippen MR) is 122 cm³/mol. The van der Waals surface area contributed by atoms with E-state index >= 15 is 0 Å². The van der Waals surface area contributed by atoms with E-state index in [-0.39, 0.29) is 45.4 Å². The highest BCUT2D eigenvalue weighted by molar-refractivity contribution is 6.24. The molecule has 1 spiro atoms. The number of Topliss-reactive ketones (excluding diaryl/α,β-unsaturated/α-hetero) is 1. The van der Waals surface area contributed by atoms with Gasteiger partial charge in [0, 0.05) is 28.4 Å². The third-order valence-corrected chi connectivity index (χ3v) is 9.43. The number of carbonyl (C=O) groups excluding carboxylic acids is 3. The van der Waals surface area contributed by atoms with Crippen molar-refractivity contribution in [2.45, 2.75) is 85.4 Å². The highest BCUT2D eigenvalue weighted by Gasteiger charge is 2.68. The fourth-order valence-electron chi connectivity index (χ4n) is 7.02. The zero-order chi connectivity index (χ0) is 23.6. The van der Waals surface area contributed by atoms with E-state index in [1.165, 1.54) is 12.2 Å². The van der Waals surface area contributed by atoms with E-state index in [0.717, 1.165) is 12.8 Å². The Hall–Kier alpha value is -2.01. The molecule has 5 heteroatoms. The van der Waals surface area contributed by atoms with Crippen LogP contribution in [0.15, 0.2) is 35.1 Å². The molecule has 2 fully saturated rings. The number of carbonyl (C=O) groups is 3. The second kappa shape index (κ2) is 7.51. The Morgan fingerprint density at radius 3 is 2.56 bits per heavy atom. The highest BCUT2D eigenvalue weighted by Crippen LogP contribution is 2.67. The highest BCUT2D eigenvalue weighted by atomic mass is 16.5. The van der Waals surface area contributed by atoms with Crippen molar-refractivity contribution in [3.05, 3.63) is 35.1 Å². The third kappa shape index (κ3) is 2.96. The van der Waals surface area contributed by atoms with Crippen LogP contribution in [-0.4, -0.2) is 34.2 Å². The molecule has 0 bridgehead atoms. The summed E-state index contributed by atoms with van der Waals surface area (Å²) < 4.78 is 6.77. The van der Waals surface area contributed by atoms with Crippen LogP contribution >= 0.6 is 0 Å². The molecule has 3 aliphatic carbocycles. The van der Waals surface area contributed by atoms with Gasteiger partial charge in [-0.25, -0.2) is 0 Å². The quantitative estimate of drug-likeness (QED) is 0.516. The molecular formula is C27H36O5. The minimum atomic E-state index is -0.697. The van der Waals surface area contributed by atoms with E-state index in [1.807, 2.05) is 0 Å². The first-order chi connectivity index (χ1) is 14.9. The fraction of sp³-hybridized carbons (Fsp3) is 0.667. The normalized spacial score (nSPS) is 39.6. The lowest BCUT2D eigenvalue weighted by atomic mass is 9.43. The lowest BCUT2D eigenvalue weighted by Crippen LogP contribution is -2.68. The van der Waals surface area contributed by atoms with Crippen LogP contribution in [0.5, 0.6) is 0 Å². The standard InChI is InChI=1S/C27H36O5/c1-7-8-19(28)16(3)17-13-20(29)18-14-26(6)15(2)9-10-21-25(4,5)22(30)11-12-27(21,26)32-24(18)23(17)31/h7-8,13,15-16,21-22,30H,9-12,14H2,1-6H3/t15-,16?,21-,22-,26?,27?/m0/s1. The minimum Gasteiger partial charge on any atom is -0.482 e. The third-order valence-electron chi connectivity index (χ3n) is 9.43. The molecule has 174 valence electrons. The number of aliphatic hydroxyl groups excluding tert-OH is 1. The van der Waals surface area contributed by atoms with Crippen molar-refractivity contribution in [1.82, 2.24) is 0 Å². The van der Waals surface area contributed by atoms with Crippen LogP contribution in [0.25, 0.3) is 0 Å². The summed E-state index contributed by atoms with van der Waals surface area (Å²) in [7, 11) is 0. The van der Waals surface area contributed by atoms with Gasteiger partial charge in [0.2, 0.25) is 5.78 Å². The molecule has 1 aliphatic heterocycles. The average Bonchev–Trinajstić information content (AvgIpc) is 2.73. The molecule has 4 rings (SSSR count). The molecule has 3 unspecified atom stereocenters. The average molecular weight is 441 g/mol. The van der Waals surface area contributed by atoms with E-state index in [2.05, 4.69) is 27.7 Å². The van der Waals surface area contributed by atoms with Gasteiger partial charge in [0.25, 0.3) is 0 Å². The minimum absolute atomic E-state index is 0.0772. The van der Waals surface area contributed by atoms with Crippen LogP contribution in [0, 0.1) is 28.6 Å². The van der Waals surface area contributed by atoms with E-state index in [1.54, 1.807) is 19.9 Å². The maximum Gasteiger partial charge on any atom is 0.224 e. The summed E-state index contributed by atoms with van der Waals surface area (Å²) in [5, 5.41) is 10.8. The molecule has 4 aliphatic rings. The van der Waals surface area contributed by atoms with Gasteiger partial charge in [-0.2, -0.15) is 0 Å². The van der Waals surface area contributed by atoms with Crippen molar-refractivity contribution < 1.29 is 24.2 Å². The second-order valence-corrected chi connectivity index (χ2v) is 11.2. The monoisotopic (exact) mass is 440 g/mol. The van der Waals surface area contributed by atoms with Gasteiger partial charge < -0.3 is 9.84 Å². The van der Waals surface area contributed by atoms with Gasteiger partial charge in [-0.3, -0.25) is 14.4 Å². The van der Waals surface area contributed by atoms with Gasteiger partial charge in [-0.05, 0) is 62.5 Å². The van der Waals surface area contributed by atoms with Crippen molar-refractivity contribution in [3.8, 4) is 0 Å². The van der Waals surface area contributed by atoms with Crippen molar-refractivity contribution in [1.29, 1.82) is 0 Å². The summed E-state index contributed by atoms with van der Waals surface area (Å²) in [5.74, 6) is -0.893.